The number of carbonyl (C=O) groups excluding carboxylic acids is 1. The van der Waals surface area contributed by atoms with E-state index in [0.29, 0.717) is 23.1 Å². The van der Waals surface area contributed by atoms with Crippen molar-refractivity contribution >= 4 is 39.2 Å². The van der Waals surface area contributed by atoms with Crippen LogP contribution < -0.4 is 20.3 Å². The molecule has 14 heteroatoms. The molecule has 42 heavy (non-hydrogen) atoms. The van der Waals surface area contributed by atoms with Crippen molar-refractivity contribution in [1.29, 1.82) is 0 Å². The van der Waals surface area contributed by atoms with Gasteiger partial charge in [0.05, 0.1) is 11.5 Å². The van der Waals surface area contributed by atoms with Crippen molar-refractivity contribution in [3.05, 3.63) is 96.2 Å². The maximum Gasteiger partial charge on any atom is 0.488 e. The third-order valence-corrected chi connectivity index (χ3v) is 7.82. The van der Waals surface area contributed by atoms with Gasteiger partial charge in [-0.1, -0.05) is 60.7 Å². The second-order valence-electron chi connectivity index (χ2n) is 9.08. The highest BCUT2D eigenvalue weighted by atomic mass is 32.2. The quantitative estimate of drug-likeness (QED) is 0.143. The number of rotatable bonds is 12. The summed E-state index contributed by atoms with van der Waals surface area (Å²) in [7, 11) is -5.50. The monoisotopic (exact) mass is 588 g/mol. The zero-order chi connectivity index (χ0) is 29.5. The van der Waals surface area contributed by atoms with E-state index >= 15 is 0 Å². The predicted octanol–water partition coefficient (Wildman–Crippen LogP) is 1.91. The molecular weight excluding hydrogens is 563 g/mol. The fourth-order valence-corrected chi connectivity index (χ4v) is 5.18. The Bertz CT molecular complexity index is 1780. The number of carbonyl (C=O) groups is 1. The zero-order valence-corrected chi connectivity index (χ0v) is 22.9. The number of nitrogens with one attached hydrogen (secondary N) is 1. The highest BCUT2D eigenvalue weighted by Gasteiger charge is 2.28. The Morgan fingerprint density at radius 2 is 1.69 bits per heavy atom. The van der Waals surface area contributed by atoms with E-state index < -0.39 is 27.9 Å². The van der Waals surface area contributed by atoms with Crippen molar-refractivity contribution in [2.24, 2.45) is 0 Å². The number of amides is 1. The minimum atomic E-state index is -3.96. The third-order valence-electron chi connectivity index (χ3n) is 6.17. The van der Waals surface area contributed by atoms with Crippen LogP contribution in [0.4, 0.5) is 0 Å². The highest BCUT2D eigenvalue weighted by molar-refractivity contribution is 7.91. The van der Waals surface area contributed by atoms with Crippen LogP contribution in [0.25, 0.3) is 10.9 Å². The first-order chi connectivity index (χ1) is 20.3. The summed E-state index contributed by atoms with van der Waals surface area (Å²) in [6, 6.07) is 23.2. The molecular formula is C28H25BN4O8S. The van der Waals surface area contributed by atoms with E-state index in [1.165, 1.54) is 12.1 Å². The van der Waals surface area contributed by atoms with Crippen LogP contribution in [0, 0.1) is 0 Å². The van der Waals surface area contributed by atoms with Crippen LogP contribution in [-0.2, 0) is 16.4 Å². The lowest BCUT2D eigenvalue weighted by Gasteiger charge is -2.11. The van der Waals surface area contributed by atoms with Gasteiger partial charge in [0.2, 0.25) is 9.84 Å². The lowest BCUT2D eigenvalue weighted by atomic mass is 9.80. The van der Waals surface area contributed by atoms with Crippen LogP contribution in [0.5, 0.6) is 11.6 Å². The molecule has 214 valence electrons. The Balaban J connectivity index is 1.16. The Morgan fingerprint density at radius 1 is 0.905 bits per heavy atom. The largest absolute Gasteiger partial charge is 0.488 e. The van der Waals surface area contributed by atoms with Gasteiger partial charge in [0.1, 0.15) is 23.6 Å². The first kappa shape index (κ1) is 28.7. The summed E-state index contributed by atoms with van der Waals surface area (Å²) >= 11 is 0. The molecule has 12 nitrogen and oxygen atoms in total. The molecule has 0 aliphatic rings. The van der Waals surface area contributed by atoms with Crippen molar-refractivity contribution < 1.29 is 37.4 Å². The Morgan fingerprint density at radius 3 is 2.45 bits per heavy atom. The molecule has 1 amide bonds. The van der Waals surface area contributed by atoms with Gasteiger partial charge in [-0.2, -0.15) is 0 Å². The molecule has 0 saturated carbocycles. The van der Waals surface area contributed by atoms with E-state index in [4.69, 9.17) is 9.47 Å². The predicted molar refractivity (Wildman–Crippen MR) is 151 cm³/mol. The minimum absolute atomic E-state index is 0.0340. The number of benzene rings is 3. The number of nitrogens with zero attached hydrogens (tertiary/aromatic N) is 3. The van der Waals surface area contributed by atoms with Gasteiger partial charge in [0.25, 0.3) is 16.8 Å². The molecule has 5 rings (SSSR count). The number of para-hydroxylation sites is 1. The third kappa shape index (κ3) is 6.57. The van der Waals surface area contributed by atoms with Gasteiger partial charge in [-0.25, -0.2) is 18.0 Å². The lowest BCUT2D eigenvalue weighted by Crippen LogP contribution is -2.29. The van der Waals surface area contributed by atoms with Gasteiger partial charge in [-0.3, -0.25) is 4.79 Å². The molecule has 3 aromatic carbocycles. The Labute approximate surface area is 241 Å². The van der Waals surface area contributed by atoms with Gasteiger partial charge in [-0.05, 0) is 52.0 Å². The maximum atomic E-state index is 12.8. The Kier molecular flexibility index (Phi) is 8.76. The molecule has 0 saturated heterocycles. The van der Waals surface area contributed by atoms with E-state index in [1.54, 1.807) is 60.7 Å². The molecule has 0 radical (unpaired) electrons. The zero-order valence-electron chi connectivity index (χ0n) is 22.1. The molecule has 2 aromatic heterocycles. The molecule has 0 bridgehead atoms. The van der Waals surface area contributed by atoms with Crippen molar-refractivity contribution in [2.75, 3.05) is 13.2 Å². The summed E-state index contributed by atoms with van der Waals surface area (Å²) in [5.74, 6) is -0.166. The average molecular weight is 588 g/mol. The van der Waals surface area contributed by atoms with Gasteiger partial charge in [-0.15, -0.1) is 0 Å². The summed E-state index contributed by atoms with van der Waals surface area (Å²) in [5.41, 5.74) is 1.90. The summed E-state index contributed by atoms with van der Waals surface area (Å²) < 4.78 is 41.6. The van der Waals surface area contributed by atoms with E-state index in [2.05, 4.69) is 25.2 Å². The van der Waals surface area contributed by atoms with Crippen LogP contribution in [0.3, 0.4) is 0 Å². The summed E-state index contributed by atoms with van der Waals surface area (Å²) in [6.07, 6.45) is 0.345. The fraction of sp³-hybridized carbons (Fsp3) is 0.143. The normalized spacial score (nSPS) is 11.3. The molecule has 0 spiro atoms. The van der Waals surface area contributed by atoms with Gasteiger partial charge >= 0.3 is 7.12 Å². The molecule has 0 aliphatic heterocycles. The summed E-state index contributed by atoms with van der Waals surface area (Å²) in [5, 5.41) is 28.7. The molecule has 3 N–H and O–H groups in total. The van der Waals surface area contributed by atoms with Crippen LogP contribution >= 0.6 is 0 Å². The number of pyridine rings is 1. The fourth-order valence-electron chi connectivity index (χ4n) is 3.98. The Hall–Kier alpha value is -4.79. The van der Waals surface area contributed by atoms with E-state index in [9.17, 15) is 23.3 Å². The number of hydrogen-bond acceptors (Lipinski definition) is 11. The highest BCUT2D eigenvalue weighted by Crippen LogP contribution is 2.26. The van der Waals surface area contributed by atoms with Crippen molar-refractivity contribution in [3.8, 4) is 11.6 Å². The summed E-state index contributed by atoms with van der Waals surface area (Å²) in [6.45, 7) is 0.489. The first-order valence-corrected chi connectivity index (χ1v) is 14.3. The van der Waals surface area contributed by atoms with Crippen molar-refractivity contribution in [3.63, 3.8) is 0 Å². The van der Waals surface area contributed by atoms with E-state index in [0.717, 1.165) is 10.9 Å². The standard InChI is InChI=1S/C28H25BN4O8S/c34-26(30-16-5-17-39-27-28(33-41-32-27)42(37,38)22-7-2-1-3-8-22)23-15-12-20-6-4-9-24(25(20)31-23)40-18-19-10-13-21(14-11-19)29(35)36/h1-4,6-15,35-36H,5,16-18H2,(H,30,34). The van der Waals surface area contributed by atoms with E-state index in [-0.39, 0.29) is 36.2 Å². The second-order valence-corrected chi connectivity index (χ2v) is 10.9. The SMILES string of the molecule is O=C(NCCCOc1nonc1S(=O)(=O)c1ccccc1)c1ccc2cccc(OCc3ccc(B(O)O)cc3)c2n1. The van der Waals surface area contributed by atoms with Gasteiger partial charge < -0.3 is 24.8 Å². The number of sulfone groups is 1. The molecule has 0 aliphatic carbocycles. The molecule has 0 atom stereocenters. The van der Waals surface area contributed by atoms with E-state index in [1.807, 2.05) is 12.1 Å². The topological polar surface area (TPSA) is 174 Å². The lowest BCUT2D eigenvalue weighted by molar-refractivity contribution is 0.0946. The average Bonchev–Trinajstić information content (AvgIpc) is 3.49. The molecule has 0 unspecified atom stereocenters. The smallest absolute Gasteiger partial charge is 0.487 e. The van der Waals surface area contributed by atoms with Crippen LogP contribution in [0.1, 0.15) is 22.5 Å². The number of fused-ring (bicyclic) bond motifs is 1. The maximum absolute atomic E-state index is 12.8. The molecule has 0 fully saturated rings. The first-order valence-electron chi connectivity index (χ1n) is 12.8. The molecule has 2 heterocycles. The van der Waals surface area contributed by atoms with Crippen LogP contribution in [0.15, 0.2) is 99.5 Å². The van der Waals surface area contributed by atoms with Crippen molar-refractivity contribution in [1.82, 2.24) is 20.6 Å². The summed E-state index contributed by atoms with van der Waals surface area (Å²) in [4.78, 5) is 17.3. The minimum Gasteiger partial charge on any atom is -0.487 e. The number of ether oxygens (including phenoxy) is 2. The number of hydrogen-bond donors (Lipinski definition) is 3. The van der Waals surface area contributed by atoms with Crippen molar-refractivity contribution in [2.45, 2.75) is 22.9 Å². The van der Waals surface area contributed by atoms with Crippen LogP contribution in [-0.4, -0.2) is 59.9 Å². The molecule has 5 aromatic rings. The van der Waals surface area contributed by atoms with Gasteiger partial charge in [0, 0.05) is 11.9 Å². The number of aromatic nitrogens is 3. The van der Waals surface area contributed by atoms with Gasteiger partial charge in [0.15, 0.2) is 0 Å². The second kappa shape index (κ2) is 12.8. The van der Waals surface area contributed by atoms with Crippen LogP contribution in [0.2, 0.25) is 0 Å².